The molecule has 1 aromatic carbocycles. The Hall–Kier alpha value is -1.52. The van der Waals surface area contributed by atoms with Crippen molar-refractivity contribution in [2.75, 3.05) is 19.0 Å². The van der Waals surface area contributed by atoms with Crippen molar-refractivity contribution in [3.8, 4) is 5.75 Å². The zero-order chi connectivity index (χ0) is 13.0. The first-order chi connectivity index (χ1) is 8.70. The first-order valence-electron chi connectivity index (χ1n) is 5.80. The van der Waals surface area contributed by atoms with Gasteiger partial charge in [-0.2, -0.15) is 0 Å². The molecule has 4 heteroatoms. The maximum atomic E-state index is 10.0. The fourth-order valence-corrected chi connectivity index (χ4v) is 2.46. The molecule has 1 unspecified atom stereocenters. The zero-order valence-electron chi connectivity index (χ0n) is 10.5. The van der Waals surface area contributed by atoms with Gasteiger partial charge in [-0.25, -0.2) is 0 Å². The highest BCUT2D eigenvalue weighted by atomic mass is 32.1. The standard InChI is InChI=1S/C14H17NO2S/c1-10-5-6-13(17-2)11(8-10)15-9-12(16)14-4-3-7-18-14/h3-8,12,15-16H,9H2,1-2H3. The molecule has 0 saturated carbocycles. The van der Waals surface area contributed by atoms with Gasteiger partial charge in [-0.15, -0.1) is 11.3 Å². The molecule has 0 fully saturated rings. The average Bonchev–Trinajstić information content (AvgIpc) is 2.90. The highest BCUT2D eigenvalue weighted by Crippen LogP contribution is 2.26. The lowest BCUT2D eigenvalue weighted by molar-refractivity contribution is 0.195. The Bertz CT molecular complexity index is 497. The van der Waals surface area contributed by atoms with Gasteiger partial charge in [0.25, 0.3) is 0 Å². The summed E-state index contributed by atoms with van der Waals surface area (Å²) >= 11 is 1.56. The fraction of sp³-hybridized carbons (Fsp3) is 0.286. The Morgan fingerprint density at radius 1 is 1.39 bits per heavy atom. The van der Waals surface area contributed by atoms with Crippen molar-refractivity contribution in [2.45, 2.75) is 13.0 Å². The molecule has 96 valence electrons. The molecule has 1 heterocycles. The van der Waals surface area contributed by atoms with E-state index in [4.69, 9.17) is 4.74 Å². The van der Waals surface area contributed by atoms with Crippen molar-refractivity contribution in [2.24, 2.45) is 0 Å². The van der Waals surface area contributed by atoms with E-state index in [2.05, 4.69) is 5.32 Å². The minimum Gasteiger partial charge on any atom is -0.495 e. The van der Waals surface area contributed by atoms with Crippen LogP contribution < -0.4 is 10.1 Å². The molecule has 0 amide bonds. The molecule has 2 N–H and O–H groups in total. The predicted molar refractivity (Wildman–Crippen MR) is 75.5 cm³/mol. The third-order valence-corrected chi connectivity index (χ3v) is 3.69. The second-order valence-corrected chi connectivity index (χ2v) is 5.10. The number of thiophene rings is 1. The number of aliphatic hydroxyl groups excluding tert-OH is 1. The van der Waals surface area contributed by atoms with Gasteiger partial charge in [0, 0.05) is 11.4 Å². The van der Waals surface area contributed by atoms with Gasteiger partial charge in [0.2, 0.25) is 0 Å². The van der Waals surface area contributed by atoms with Crippen LogP contribution in [-0.2, 0) is 0 Å². The summed E-state index contributed by atoms with van der Waals surface area (Å²) in [6.07, 6.45) is -0.491. The summed E-state index contributed by atoms with van der Waals surface area (Å²) in [5.41, 5.74) is 2.07. The third kappa shape index (κ3) is 3.03. The Morgan fingerprint density at radius 2 is 2.22 bits per heavy atom. The summed E-state index contributed by atoms with van der Waals surface area (Å²) in [6.45, 7) is 2.50. The van der Waals surface area contributed by atoms with Gasteiger partial charge in [0.15, 0.2) is 0 Å². The molecular formula is C14H17NO2S. The quantitative estimate of drug-likeness (QED) is 0.870. The molecule has 0 aliphatic rings. The van der Waals surface area contributed by atoms with Crippen molar-refractivity contribution in [1.82, 2.24) is 0 Å². The lowest BCUT2D eigenvalue weighted by Crippen LogP contribution is -2.11. The van der Waals surface area contributed by atoms with Crippen LogP contribution in [0.4, 0.5) is 5.69 Å². The molecule has 2 aromatic rings. The number of methoxy groups -OCH3 is 1. The SMILES string of the molecule is COc1ccc(C)cc1NCC(O)c1cccs1. The van der Waals surface area contributed by atoms with Gasteiger partial charge in [-0.1, -0.05) is 12.1 Å². The Morgan fingerprint density at radius 3 is 2.89 bits per heavy atom. The summed E-state index contributed by atoms with van der Waals surface area (Å²) in [5.74, 6) is 0.791. The van der Waals surface area contributed by atoms with Gasteiger partial charge in [-0.05, 0) is 36.1 Å². The summed E-state index contributed by atoms with van der Waals surface area (Å²) in [4.78, 5) is 0.967. The third-order valence-electron chi connectivity index (χ3n) is 2.71. The minimum absolute atomic E-state index is 0.473. The molecule has 0 saturated heterocycles. The second-order valence-electron chi connectivity index (χ2n) is 4.12. The van der Waals surface area contributed by atoms with Crippen LogP contribution in [0.25, 0.3) is 0 Å². The molecule has 18 heavy (non-hydrogen) atoms. The van der Waals surface area contributed by atoms with Crippen LogP contribution in [0.3, 0.4) is 0 Å². The lowest BCUT2D eigenvalue weighted by Gasteiger charge is -2.14. The molecule has 0 bridgehead atoms. The fourth-order valence-electron chi connectivity index (χ4n) is 1.75. The number of rotatable bonds is 5. The van der Waals surface area contributed by atoms with E-state index in [-0.39, 0.29) is 0 Å². The maximum absolute atomic E-state index is 10.0. The van der Waals surface area contributed by atoms with Crippen LogP contribution in [0.5, 0.6) is 5.75 Å². The molecule has 2 rings (SSSR count). The molecule has 0 spiro atoms. The first kappa shape index (κ1) is 12.9. The topological polar surface area (TPSA) is 41.5 Å². The summed E-state index contributed by atoms with van der Waals surface area (Å²) in [6, 6.07) is 9.82. The van der Waals surface area contributed by atoms with Crippen LogP contribution in [-0.4, -0.2) is 18.8 Å². The molecule has 0 radical (unpaired) electrons. The average molecular weight is 263 g/mol. The minimum atomic E-state index is -0.491. The summed E-state index contributed by atoms with van der Waals surface area (Å²) in [5, 5.41) is 15.2. The number of anilines is 1. The van der Waals surface area contributed by atoms with Gasteiger partial charge < -0.3 is 15.2 Å². The molecule has 0 aliphatic heterocycles. The summed E-state index contributed by atoms with van der Waals surface area (Å²) < 4.78 is 5.28. The van der Waals surface area contributed by atoms with Crippen molar-refractivity contribution < 1.29 is 9.84 Å². The van der Waals surface area contributed by atoms with E-state index < -0.39 is 6.10 Å². The number of nitrogens with one attached hydrogen (secondary N) is 1. The van der Waals surface area contributed by atoms with E-state index in [1.807, 2.05) is 42.6 Å². The molecule has 1 aromatic heterocycles. The van der Waals surface area contributed by atoms with Gasteiger partial charge >= 0.3 is 0 Å². The van der Waals surface area contributed by atoms with Crippen molar-refractivity contribution in [3.63, 3.8) is 0 Å². The van der Waals surface area contributed by atoms with Crippen LogP contribution in [0, 0.1) is 6.92 Å². The number of hydrogen-bond acceptors (Lipinski definition) is 4. The van der Waals surface area contributed by atoms with Crippen LogP contribution in [0.2, 0.25) is 0 Å². The molecular weight excluding hydrogens is 246 g/mol. The van der Waals surface area contributed by atoms with Crippen molar-refractivity contribution in [1.29, 1.82) is 0 Å². The van der Waals surface area contributed by atoms with E-state index in [1.54, 1.807) is 18.4 Å². The van der Waals surface area contributed by atoms with E-state index in [9.17, 15) is 5.11 Å². The highest BCUT2D eigenvalue weighted by Gasteiger charge is 2.09. The van der Waals surface area contributed by atoms with Crippen LogP contribution >= 0.6 is 11.3 Å². The number of aliphatic hydroxyl groups is 1. The Kier molecular flexibility index (Phi) is 4.23. The second kappa shape index (κ2) is 5.89. The Balaban J connectivity index is 2.03. The molecule has 0 aliphatic carbocycles. The van der Waals surface area contributed by atoms with Gasteiger partial charge in [0.05, 0.1) is 12.8 Å². The normalized spacial score (nSPS) is 12.2. The summed E-state index contributed by atoms with van der Waals surface area (Å²) in [7, 11) is 1.64. The van der Waals surface area contributed by atoms with E-state index >= 15 is 0 Å². The number of ether oxygens (including phenoxy) is 1. The number of benzene rings is 1. The smallest absolute Gasteiger partial charge is 0.141 e. The van der Waals surface area contributed by atoms with Gasteiger partial charge in [-0.3, -0.25) is 0 Å². The molecule has 1 atom stereocenters. The highest BCUT2D eigenvalue weighted by molar-refractivity contribution is 7.10. The van der Waals surface area contributed by atoms with Crippen molar-refractivity contribution in [3.05, 3.63) is 46.2 Å². The first-order valence-corrected chi connectivity index (χ1v) is 6.68. The van der Waals surface area contributed by atoms with Crippen LogP contribution in [0.1, 0.15) is 16.5 Å². The van der Waals surface area contributed by atoms with E-state index in [0.717, 1.165) is 21.9 Å². The monoisotopic (exact) mass is 263 g/mol. The predicted octanol–water partition coefficient (Wildman–Crippen LogP) is 3.21. The maximum Gasteiger partial charge on any atom is 0.141 e. The van der Waals surface area contributed by atoms with Crippen LogP contribution in [0.15, 0.2) is 35.7 Å². The zero-order valence-corrected chi connectivity index (χ0v) is 11.3. The van der Waals surface area contributed by atoms with Crippen molar-refractivity contribution >= 4 is 17.0 Å². The Labute approximate surface area is 111 Å². The number of aryl methyl sites for hydroxylation is 1. The largest absolute Gasteiger partial charge is 0.495 e. The lowest BCUT2D eigenvalue weighted by atomic mass is 10.2. The van der Waals surface area contributed by atoms with E-state index in [1.165, 1.54) is 0 Å². The van der Waals surface area contributed by atoms with E-state index in [0.29, 0.717) is 6.54 Å². The van der Waals surface area contributed by atoms with Gasteiger partial charge in [0.1, 0.15) is 11.9 Å². The number of hydrogen-bond donors (Lipinski definition) is 2. The molecule has 3 nitrogen and oxygen atoms in total.